The Morgan fingerprint density at radius 3 is 3.04 bits per heavy atom. The van der Waals surface area contributed by atoms with Gasteiger partial charge in [0, 0.05) is 12.1 Å². The summed E-state index contributed by atoms with van der Waals surface area (Å²) in [6, 6.07) is 12.5. The van der Waals surface area contributed by atoms with Crippen LogP contribution in [0, 0.1) is 10.1 Å². The van der Waals surface area contributed by atoms with E-state index in [0.717, 1.165) is 19.3 Å². The lowest BCUT2D eigenvalue weighted by Crippen LogP contribution is -2.32. The summed E-state index contributed by atoms with van der Waals surface area (Å²) in [5, 5.41) is 14.2. The van der Waals surface area contributed by atoms with Crippen LogP contribution in [0.3, 0.4) is 0 Å². The topological polar surface area (TPSA) is 98.3 Å². The van der Waals surface area contributed by atoms with Gasteiger partial charge in [-0.15, -0.1) is 0 Å². The minimum absolute atomic E-state index is 0.0364. The first-order valence-electron chi connectivity index (χ1n) is 8.65. The number of carbonyl (C=O) groups excluding carboxylic acids is 1. The van der Waals surface area contributed by atoms with E-state index < -0.39 is 4.92 Å². The molecule has 0 spiro atoms. The lowest BCUT2D eigenvalue weighted by molar-refractivity contribution is -0.384. The fourth-order valence-corrected chi connectivity index (χ4v) is 3.99. The minimum atomic E-state index is -0.476. The number of benzene rings is 2. The van der Waals surface area contributed by atoms with E-state index in [0.29, 0.717) is 16.3 Å². The quantitative estimate of drug-likeness (QED) is 0.406. The number of nitro benzene ring substituents is 1. The number of amides is 1. The molecular formula is C19H17N3O4S. The number of fused-ring (bicyclic) bond motifs is 2. The molecule has 138 valence electrons. The average Bonchev–Trinajstić information content (AvgIpc) is 3.09. The van der Waals surface area contributed by atoms with E-state index in [-0.39, 0.29) is 23.4 Å². The molecule has 0 bridgehead atoms. The van der Waals surface area contributed by atoms with Crippen LogP contribution in [0.25, 0.3) is 11.1 Å². The first kappa shape index (κ1) is 17.5. The molecule has 4 rings (SSSR count). The van der Waals surface area contributed by atoms with Crippen molar-refractivity contribution < 1.29 is 14.1 Å². The highest BCUT2D eigenvalue weighted by Crippen LogP contribution is 2.30. The van der Waals surface area contributed by atoms with Crippen LogP contribution in [0.5, 0.6) is 0 Å². The third-order valence-electron chi connectivity index (χ3n) is 4.59. The van der Waals surface area contributed by atoms with Gasteiger partial charge in [0.2, 0.25) is 5.91 Å². The molecule has 1 atom stereocenters. The Morgan fingerprint density at radius 1 is 1.33 bits per heavy atom. The zero-order valence-corrected chi connectivity index (χ0v) is 15.2. The molecule has 1 aliphatic rings. The molecule has 8 heteroatoms. The summed E-state index contributed by atoms with van der Waals surface area (Å²) < 4.78 is 5.55. The van der Waals surface area contributed by atoms with Crippen molar-refractivity contribution in [3.63, 3.8) is 0 Å². The summed E-state index contributed by atoms with van der Waals surface area (Å²) in [6.45, 7) is 0. The first-order valence-corrected chi connectivity index (χ1v) is 9.63. The average molecular weight is 383 g/mol. The first-order chi connectivity index (χ1) is 13.1. The van der Waals surface area contributed by atoms with Crippen LogP contribution in [0.1, 0.15) is 30.0 Å². The van der Waals surface area contributed by atoms with E-state index in [1.54, 1.807) is 0 Å². The maximum absolute atomic E-state index is 12.4. The van der Waals surface area contributed by atoms with E-state index in [2.05, 4.69) is 22.4 Å². The summed E-state index contributed by atoms with van der Waals surface area (Å²) >= 11 is 1.18. The SMILES string of the molecule is O=C(CSc1nc2cc([N+](=O)[O-])ccc2o1)N[C@@H]1CCCc2ccccc21. The van der Waals surface area contributed by atoms with Crippen molar-refractivity contribution in [3.05, 3.63) is 63.7 Å². The van der Waals surface area contributed by atoms with Crippen molar-refractivity contribution in [1.29, 1.82) is 0 Å². The molecule has 3 aromatic rings. The highest BCUT2D eigenvalue weighted by molar-refractivity contribution is 7.99. The zero-order chi connectivity index (χ0) is 18.8. The molecule has 1 heterocycles. The number of aromatic nitrogens is 1. The standard InChI is InChI=1S/C19H17N3O4S/c23-18(20-15-7-3-5-12-4-1-2-6-14(12)15)11-27-19-21-16-10-13(22(24)25)8-9-17(16)26-19/h1-2,4,6,8-10,15H,3,5,7,11H2,(H,20,23)/t15-/m1/s1. The summed E-state index contributed by atoms with van der Waals surface area (Å²) in [4.78, 5) is 26.9. The third kappa shape index (κ3) is 3.80. The van der Waals surface area contributed by atoms with E-state index in [4.69, 9.17) is 4.42 Å². The molecule has 1 N–H and O–H groups in total. The smallest absolute Gasteiger partial charge is 0.271 e. The van der Waals surface area contributed by atoms with Gasteiger partial charge in [-0.3, -0.25) is 14.9 Å². The molecular weight excluding hydrogens is 366 g/mol. The maximum Gasteiger partial charge on any atom is 0.271 e. The molecule has 2 aromatic carbocycles. The van der Waals surface area contributed by atoms with Gasteiger partial charge in [0.05, 0.1) is 16.7 Å². The molecule has 0 saturated carbocycles. The predicted molar refractivity (Wildman–Crippen MR) is 102 cm³/mol. The number of hydrogen-bond donors (Lipinski definition) is 1. The van der Waals surface area contributed by atoms with E-state index >= 15 is 0 Å². The Kier molecular flexibility index (Phi) is 4.81. The second-order valence-corrected chi connectivity index (χ2v) is 7.32. The fourth-order valence-electron chi connectivity index (χ4n) is 3.34. The lowest BCUT2D eigenvalue weighted by atomic mass is 9.88. The van der Waals surface area contributed by atoms with Gasteiger partial charge in [-0.1, -0.05) is 36.0 Å². The van der Waals surface area contributed by atoms with Crippen molar-refractivity contribution >= 4 is 34.5 Å². The number of carbonyl (C=O) groups is 1. The van der Waals surface area contributed by atoms with Crippen molar-refractivity contribution in [2.24, 2.45) is 0 Å². The lowest BCUT2D eigenvalue weighted by Gasteiger charge is -2.26. The Balaban J connectivity index is 1.40. The van der Waals surface area contributed by atoms with Crippen molar-refractivity contribution in [2.45, 2.75) is 30.5 Å². The van der Waals surface area contributed by atoms with Crippen LogP contribution in [0.15, 0.2) is 52.1 Å². The van der Waals surface area contributed by atoms with E-state index in [9.17, 15) is 14.9 Å². The molecule has 0 aliphatic heterocycles. The van der Waals surface area contributed by atoms with Gasteiger partial charge >= 0.3 is 0 Å². The van der Waals surface area contributed by atoms with Crippen molar-refractivity contribution in [1.82, 2.24) is 10.3 Å². The number of nitrogens with one attached hydrogen (secondary N) is 1. The molecule has 0 unspecified atom stereocenters. The van der Waals surface area contributed by atoms with Gasteiger partial charge in [-0.2, -0.15) is 0 Å². The number of nitro groups is 1. The van der Waals surface area contributed by atoms with Crippen LogP contribution < -0.4 is 5.32 Å². The number of nitrogens with zero attached hydrogens (tertiary/aromatic N) is 2. The minimum Gasteiger partial charge on any atom is -0.431 e. The summed E-state index contributed by atoms with van der Waals surface area (Å²) in [5.74, 6) is 0.0862. The Labute approximate surface area is 159 Å². The molecule has 27 heavy (non-hydrogen) atoms. The summed E-state index contributed by atoms with van der Waals surface area (Å²) in [5.41, 5.74) is 3.32. The van der Waals surface area contributed by atoms with Gasteiger partial charge in [-0.05, 0) is 36.5 Å². The molecule has 0 saturated heterocycles. The Bertz CT molecular complexity index is 1020. The van der Waals surface area contributed by atoms with Crippen LogP contribution in [0.4, 0.5) is 5.69 Å². The fraction of sp³-hybridized carbons (Fsp3) is 0.263. The second kappa shape index (κ2) is 7.40. The monoisotopic (exact) mass is 383 g/mol. The predicted octanol–water partition coefficient (Wildman–Crippen LogP) is 4.02. The number of non-ortho nitro benzene ring substituents is 1. The van der Waals surface area contributed by atoms with Crippen LogP contribution in [0.2, 0.25) is 0 Å². The van der Waals surface area contributed by atoms with Crippen LogP contribution in [-0.4, -0.2) is 21.6 Å². The molecule has 1 aliphatic carbocycles. The molecule has 0 radical (unpaired) electrons. The maximum atomic E-state index is 12.4. The van der Waals surface area contributed by atoms with Crippen molar-refractivity contribution in [3.8, 4) is 0 Å². The Morgan fingerprint density at radius 2 is 2.19 bits per heavy atom. The third-order valence-corrected chi connectivity index (χ3v) is 5.42. The van der Waals surface area contributed by atoms with E-state index in [1.807, 2.05) is 12.1 Å². The van der Waals surface area contributed by atoms with E-state index in [1.165, 1.54) is 41.1 Å². The van der Waals surface area contributed by atoms with Crippen molar-refractivity contribution in [2.75, 3.05) is 5.75 Å². The number of thioether (sulfide) groups is 1. The van der Waals surface area contributed by atoms with Gasteiger partial charge < -0.3 is 9.73 Å². The normalized spacial score (nSPS) is 16.1. The molecule has 1 aromatic heterocycles. The summed E-state index contributed by atoms with van der Waals surface area (Å²) in [6.07, 6.45) is 3.03. The summed E-state index contributed by atoms with van der Waals surface area (Å²) in [7, 11) is 0. The highest BCUT2D eigenvalue weighted by Gasteiger charge is 2.21. The second-order valence-electron chi connectivity index (χ2n) is 6.39. The van der Waals surface area contributed by atoms with Gasteiger partial charge in [0.15, 0.2) is 5.58 Å². The number of hydrogen-bond acceptors (Lipinski definition) is 6. The van der Waals surface area contributed by atoms with Gasteiger partial charge in [-0.25, -0.2) is 4.98 Å². The molecule has 1 amide bonds. The van der Waals surface area contributed by atoms with Crippen LogP contribution in [-0.2, 0) is 11.2 Å². The van der Waals surface area contributed by atoms with Crippen LogP contribution >= 0.6 is 11.8 Å². The Hall–Kier alpha value is -2.87. The number of aryl methyl sites for hydroxylation is 1. The molecule has 0 fully saturated rings. The molecule has 7 nitrogen and oxygen atoms in total. The zero-order valence-electron chi connectivity index (χ0n) is 14.4. The largest absolute Gasteiger partial charge is 0.431 e. The number of oxazole rings is 1. The van der Waals surface area contributed by atoms with Gasteiger partial charge in [0.1, 0.15) is 5.52 Å². The number of rotatable bonds is 5. The highest BCUT2D eigenvalue weighted by atomic mass is 32.2. The van der Waals surface area contributed by atoms with Gasteiger partial charge in [0.25, 0.3) is 10.9 Å².